The standard InChI is InChI=1S/C24H30FN3O3/c25-19-3-5-20(6-4-19)30-13-7-17-8-14-31-24(16-17)9-11-28(12-10-24)23(29)22-15-21(26-27-22)18-1-2-18/h3-6,15,17-18H,1-2,7-14,16H2,(H,26,27). The first-order valence-electron chi connectivity index (χ1n) is 11.5. The number of rotatable bonds is 6. The summed E-state index contributed by atoms with van der Waals surface area (Å²) in [6.45, 7) is 2.81. The maximum atomic E-state index is 13.0. The van der Waals surface area contributed by atoms with Crippen molar-refractivity contribution in [3.05, 3.63) is 47.5 Å². The number of hydrogen-bond donors (Lipinski definition) is 1. The lowest BCUT2D eigenvalue weighted by atomic mass is 9.78. The molecule has 31 heavy (non-hydrogen) atoms. The molecule has 7 heteroatoms. The van der Waals surface area contributed by atoms with Gasteiger partial charge in [-0.05, 0) is 81.2 Å². The zero-order valence-electron chi connectivity index (χ0n) is 17.8. The molecule has 1 amide bonds. The quantitative estimate of drug-likeness (QED) is 0.747. The molecular weight excluding hydrogens is 397 g/mol. The number of piperidine rings is 1. The predicted molar refractivity (Wildman–Crippen MR) is 114 cm³/mol. The molecule has 1 spiro atoms. The Morgan fingerprint density at radius 2 is 2.00 bits per heavy atom. The van der Waals surface area contributed by atoms with Crippen molar-refractivity contribution in [1.29, 1.82) is 0 Å². The van der Waals surface area contributed by atoms with E-state index < -0.39 is 0 Å². The molecule has 3 aliphatic rings. The largest absolute Gasteiger partial charge is 0.494 e. The van der Waals surface area contributed by atoms with Crippen LogP contribution in [0.2, 0.25) is 0 Å². The molecule has 1 unspecified atom stereocenters. The van der Waals surface area contributed by atoms with Crippen molar-refractivity contribution in [3.8, 4) is 5.75 Å². The molecule has 5 rings (SSSR count). The second-order valence-corrected chi connectivity index (χ2v) is 9.26. The third-order valence-corrected chi connectivity index (χ3v) is 7.00. The van der Waals surface area contributed by atoms with Gasteiger partial charge in [0.05, 0.1) is 12.2 Å². The van der Waals surface area contributed by atoms with Crippen LogP contribution in [0.25, 0.3) is 0 Å². The maximum Gasteiger partial charge on any atom is 0.274 e. The molecule has 1 aromatic heterocycles. The minimum Gasteiger partial charge on any atom is -0.494 e. The first kappa shape index (κ1) is 20.5. The van der Waals surface area contributed by atoms with Gasteiger partial charge < -0.3 is 14.4 Å². The highest BCUT2D eigenvalue weighted by Gasteiger charge is 2.41. The third kappa shape index (κ3) is 4.76. The number of nitrogens with zero attached hydrogens (tertiary/aromatic N) is 2. The average molecular weight is 428 g/mol. The summed E-state index contributed by atoms with van der Waals surface area (Å²) in [4.78, 5) is 14.8. The van der Waals surface area contributed by atoms with Crippen molar-refractivity contribution in [2.75, 3.05) is 26.3 Å². The molecule has 3 heterocycles. The normalized spacial score (nSPS) is 23.1. The Hall–Kier alpha value is -2.41. The number of carbonyl (C=O) groups is 1. The van der Waals surface area contributed by atoms with E-state index in [2.05, 4.69) is 10.2 Å². The van der Waals surface area contributed by atoms with Gasteiger partial charge in [-0.1, -0.05) is 0 Å². The van der Waals surface area contributed by atoms with E-state index in [9.17, 15) is 9.18 Å². The topological polar surface area (TPSA) is 67.5 Å². The average Bonchev–Trinajstić information content (AvgIpc) is 3.52. The van der Waals surface area contributed by atoms with Crippen LogP contribution in [-0.4, -0.2) is 52.9 Å². The summed E-state index contributed by atoms with van der Waals surface area (Å²) < 4.78 is 25.1. The van der Waals surface area contributed by atoms with Crippen LogP contribution < -0.4 is 4.74 Å². The Kier molecular flexibility index (Phi) is 5.69. The molecule has 1 N–H and O–H groups in total. The fourth-order valence-electron chi connectivity index (χ4n) is 4.93. The molecule has 6 nitrogen and oxygen atoms in total. The third-order valence-electron chi connectivity index (χ3n) is 7.00. The number of H-pyrrole nitrogens is 1. The molecular formula is C24H30FN3O3. The van der Waals surface area contributed by atoms with Gasteiger partial charge in [-0.3, -0.25) is 9.89 Å². The van der Waals surface area contributed by atoms with Crippen molar-refractivity contribution < 1.29 is 18.7 Å². The van der Waals surface area contributed by atoms with Gasteiger partial charge in [0.25, 0.3) is 5.91 Å². The number of amides is 1. The Bertz CT molecular complexity index is 901. The molecule has 1 aromatic carbocycles. The molecule has 1 saturated carbocycles. The number of hydrogen-bond acceptors (Lipinski definition) is 4. The van der Waals surface area contributed by atoms with Crippen LogP contribution in [0.5, 0.6) is 5.75 Å². The molecule has 166 valence electrons. The number of nitrogens with one attached hydrogen (secondary N) is 1. The molecule has 2 aliphatic heterocycles. The van der Waals surface area contributed by atoms with Gasteiger partial charge in [0.15, 0.2) is 0 Å². The van der Waals surface area contributed by atoms with Gasteiger partial charge in [-0.2, -0.15) is 5.10 Å². The van der Waals surface area contributed by atoms with E-state index in [0.29, 0.717) is 43.0 Å². The summed E-state index contributed by atoms with van der Waals surface area (Å²) in [5, 5.41) is 7.28. The van der Waals surface area contributed by atoms with Crippen LogP contribution in [0.1, 0.15) is 67.0 Å². The summed E-state index contributed by atoms with van der Waals surface area (Å²) in [6.07, 6.45) is 7.12. The van der Waals surface area contributed by atoms with Gasteiger partial charge in [0.1, 0.15) is 17.3 Å². The summed E-state index contributed by atoms with van der Waals surface area (Å²) >= 11 is 0. The monoisotopic (exact) mass is 427 g/mol. The summed E-state index contributed by atoms with van der Waals surface area (Å²) in [7, 11) is 0. The molecule has 2 aromatic rings. The Labute approximate surface area is 182 Å². The summed E-state index contributed by atoms with van der Waals surface area (Å²) in [6, 6.07) is 8.10. The van der Waals surface area contributed by atoms with Gasteiger partial charge in [0.2, 0.25) is 0 Å². The Morgan fingerprint density at radius 1 is 1.23 bits per heavy atom. The predicted octanol–water partition coefficient (Wildman–Crippen LogP) is 4.30. The number of aromatic amines is 1. The van der Waals surface area contributed by atoms with Crippen LogP contribution in [-0.2, 0) is 4.74 Å². The van der Waals surface area contributed by atoms with E-state index in [-0.39, 0.29) is 17.3 Å². The fourth-order valence-corrected chi connectivity index (χ4v) is 4.93. The number of ether oxygens (including phenoxy) is 2. The molecule has 2 saturated heterocycles. The maximum absolute atomic E-state index is 13.0. The SMILES string of the molecule is O=C(c1cc(C2CC2)[nH]n1)N1CCC2(CC1)CC(CCOc1ccc(F)cc1)CCO2. The number of halogens is 1. The van der Waals surface area contributed by atoms with Crippen molar-refractivity contribution in [3.63, 3.8) is 0 Å². The minimum atomic E-state index is -0.251. The first-order valence-corrected chi connectivity index (χ1v) is 11.5. The van der Waals surface area contributed by atoms with Crippen molar-refractivity contribution in [1.82, 2.24) is 15.1 Å². The van der Waals surface area contributed by atoms with E-state index in [4.69, 9.17) is 9.47 Å². The second-order valence-electron chi connectivity index (χ2n) is 9.26. The molecule has 0 bridgehead atoms. The van der Waals surface area contributed by atoms with Crippen LogP contribution in [0, 0.1) is 11.7 Å². The summed E-state index contributed by atoms with van der Waals surface area (Å²) in [5.74, 6) is 1.60. The number of benzene rings is 1. The molecule has 1 atom stereocenters. The van der Waals surface area contributed by atoms with Crippen molar-refractivity contribution in [2.24, 2.45) is 5.92 Å². The van der Waals surface area contributed by atoms with Crippen LogP contribution in [0.3, 0.4) is 0 Å². The van der Waals surface area contributed by atoms with Crippen molar-refractivity contribution in [2.45, 2.75) is 56.5 Å². The van der Waals surface area contributed by atoms with Crippen LogP contribution in [0.4, 0.5) is 4.39 Å². The van der Waals surface area contributed by atoms with E-state index in [1.807, 2.05) is 11.0 Å². The zero-order valence-corrected chi connectivity index (χ0v) is 17.8. The number of aromatic nitrogens is 2. The zero-order chi connectivity index (χ0) is 21.3. The van der Waals surface area contributed by atoms with E-state index >= 15 is 0 Å². The molecule has 1 aliphatic carbocycles. The van der Waals surface area contributed by atoms with E-state index in [1.54, 1.807) is 12.1 Å². The smallest absolute Gasteiger partial charge is 0.274 e. The van der Waals surface area contributed by atoms with Crippen LogP contribution >= 0.6 is 0 Å². The second kappa shape index (κ2) is 8.61. The number of likely N-dealkylation sites (tertiary alicyclic amines) is 1. The highest BCUT2D eigenvalue weighted by molar-refractivity contribution is 5.92. The van der Waals surface area contributed by atoms with Crippen molar-refractivity contribution >= 4 is 5.91 Å². The fraction of sp³-hybridized carbons (Fsp3) is 0.583. The lowest BCUT2D eigenvalue weighted by Crippen LogP contribution is -2.51. The first-order chi connectivity index (χ1) is 15.1. The van der Waals surface area contributed by atoms with E-state index in [1.165, 1.54) is 25.0 Å². The van der Waals surface area contributed by atoms with Gasteiger partial charge >= 0.3 is 0 Å². The van der Waals surface area contributed by atoms with Crippen LogP contribution in [0.15, 0.2) is 30.3 Å². The van der Waals surface area contributed by atoms with E-state index in [0.717, 1.165) is 44.4 Å². The van der Waals surface area contributed by atoms with Gasteiger partial charge in [-0.25, -0.2) is 4.39 Å². The highest BCUT2D eigenvalue weighted by Crippen LogP contribution is 2.40. The van der Waals surface area contributed by atoms with Gasteiger partial charge in [-0.15, -0.1) is 0 Å². The number of carbonyl (C=O) groups excluding carboxylic acids is 1. The Morgan fingerprint density at radius 3 is 2.74 bits per heavy atom. The summed E-state index contributed by atoms with van der Waals surface area (Å²) in [5.41, 5.74) is 1.51. The minimum absolute atomic E-state index is 0.0260. The van der Waals surface area contributed by atoms with Gasteiger partial charge in [0, 0.05) is 31.3 Å². The molecule has 0 radical (unpaired) electrons. The highest BCUT2D eigenvalue weighted by atomic mass is 19.1. The lowest BCUT2D eigenvalue weighted by molar-refractivity contribution is -0.125. The Balaban J connectivity index is 1.10. The molecule has 3 fully saturated rings. The lowest BCUT2D eigenvalue weighted by Gasteiger charge is -2.46.